The van der Waals surface area contributed by atoms with Gasteiger partial charge in [-0.05, 0) is 60.9 Å². The summed E-state index contributed by atoms with van der Waals surface area (Å²) in [6.07, 6.45) is 6.51. The largest absolute Gasteiger partial charge is 0.300 e. The number of amides is 4. The smallest absolute Gasteiger partial charge is 0.263 e. The summed E-state index contributed by atoms with van der Waals surface area (Å²) in [5.41, 5.74) is 9.33. The minimum atomic E-state index is -0.312. The number of benzene rings is 4. The number of nitrogens with one attached hydrogen (secondary N) is 1. The van der Waals surface area contributed by atoms with E-state index >= 15 is 0 Å². The normalized spacial score (nSPS) is 13.9. The molecular weight excluding hydrogens is 799 g/mol. The summed E-state index contributed by atoms with van der Waals surface area (Å²) in [5, 5.41) is 7.90. The van der Waals surface area contributed by atoms with Crippen molar-refractivity contribution in [2.75, 3.05) is 19.3 Å². The average molecular weight is 838 g/mol. The molecule has 0 saturated heterocycles. The van der Waals surface area contributed by atoms with Crippen LogP contribution < -0.4 is 0 Å². The Hall–Kier alpha value is -7.38. The van der Waals surface area contributed by atoms with Crippen LogP contribution in [0.1, 0.15) is 81.9 Å². The van der Waals surface area contributed by atoms with Crippen LogP contribution in [0.2, 0.25) is 0 Å². The summed E-state index contributed by atoms with van der Waals surface area (Å²) in [4.78, 5) is 81.3. The maximum atomic E-state index is 13.4. The number of nitrogens with zero attached hydrogens (tertiary/aromatic N) is 6. The number of carbonyl (C=O) groups is 5. The van der Waals surface area contributed by atoms with E-state index in [1.54, 1.807) is 18.7 Å². The minimum Gasteiger partial charge on any atom is -0.300 e. The van der Waals surface area contributed by atoms with Crippen molar-refractivity contribution < 1.29 is 24.0 Å². The third-order valence-corrected chi connectivity index (χ3v) is 11.9. The summed E-state index contributed by atoms with van der Waals surface area (Å²) >= 11 is 1.64. The molecule has 0 radical (unpaired) electrons. The third-order valence-electron chi connectivity index (χ3n) is 11.2. The molecule has 0 unspecified atom stereocenters. The van der Waals surface area contributed by atoms with Gasteiger partial charge in [-0.25, -0.2) is 4.98 Å². The maximum Gasteiger partial charge on any atom is 0.263 e. The van der Waals surface area contributed by atoms with Crippen LogP contribution in [0.15, 0.2) is 131 Å². The summed E-state index contributed by atoms with van der Waals surface area (Å²) in [6.45, 7) is 2.55. The molecule has 3 aromatic heterocycles. The van der Waals surface area contributed by atoms with Crippen molar-refractivity contribution in [1.82, 2.24) is 30.0 Å². The first-order valence-electron chi connectivity index (χ1n) is 20.2. The topological polar surface area (TPSA) is 159 Å². The van der Waals surface area contributed by atoms with E-state index in [1.165, 1.54) is 22.2 Å². The number of fused-ring (bicyclic) bond motifs is 6. The Labute approximate surface area is 361 Å². The molecule has 0 spiro atoms. The van der Waals surface area contributed by atoms with Gasteiger partial charge in [0.25, 0.3) is 23.6 Å². The average Bonchev–Trinajstić information content (AvgIpc) is 4.04. The molecule has 7 aromatic rings. The van der Waals surface area contributed by atoms with Crippen LogP contribution in [0.5, 0.6) is 0 Å². The second-order valence-corrected chi connectivity index (χ2v) is 16.1. The summed E-state index contributed by atoms with van der Waals surface area (Å²) in [6, 6.07) is 35.2. The number of hydrogen-bond donors (Lipinski definition) is 1. The van der Waals surface area contributed by atoms with E-state index in [-0.39, 0.29) is 29.4 Å². The van der Waals surface area contributed by atoms with E-state index in [2.05, 4.69) is 25.2 Å². The van der Waals surface area contributed by atoms with Crippen LogP contribution >= 0.6 is 11.8 Å². The molecule has 0 bridgehead atoms. The fraction of sp³-hybridized carbons (Fsp3) is 0.163. The number of pyridine rings is 2. The van der Waals surface area contributed by atoms with E-state index < -0.39 is 0 Å². The fourth-order valence-corrected chi connectivity index (χ4v) is 8.64. The van der Waals surface area contributed by atoms with Crippen LogP contribution in [0.4, 0.5) is 0 Å². The van der Waals surface area contributed by atoms with Gasteiger partial charge in [0.1, 0.15) is 5.78 Å². The predicted octanol–water partition coefficient (Wildman–Crippen LogP) is 7.59. The van der Waals surface area contributed by atoms with Gasteiger partial charge in [-0.1, -0.05) is 91.0 Å². The number of imide groups is 2. The number of H-pyrrole nitrogens is 1. The molecule has 3 aliphatic rings. The van der Waals surface area contributed by atoms with E-state index in [9.17, 15) is 24.0 Å². The molecule has 4 aromatic carbocycles. The molecule has 4 amide bonds. The molecule has 0 aliphatic carbocycles. The molecule has 1 N–H and O–H groups in total. The van der Waals surface area contributed by atoms with Crippen LogP contribution in [0, 0.1) is 0 Å². The number of aromatic amines is 1. The van der Waals surface area contributed by atoms with Gasteiger partial charge in [0.15, 0.2) is 5.65 Å². The van der Waals surface area contributed by atoms with Gasteiger partial charge in [-0.15, -0.1) is 11.8 Å². The van der Waals surface area contributed by atoms with Gasteiger partial charge in [-0.3, -0.25) is 48.8 Å². The summed E-state index contributed by atoms with van der Waals surface area (Å²) < 4.78 is 0. The summed E-state index contributed by atoms with van der Waals surface area (Å²) in [7, 11) is 0. The van der Waals surface area contributed by atoms with Crippen molar-refractivity contribution in [2.24, 2.45) is 4.99 Å². The third kappa shape index (κ3) is 7.51. The Kier molecular flexibility index (Phi) is 10.9. The highest BCUT2D eigenvalue weighted by molar-refractivity contribution is 7.98. The van der Waals surface area contributed by atoms with Gasteiger partial charge in [-0.2, -0.15) is 5.10 Å². The van der Waals surface area contributed by atoms with Gasteiger partial charge in [0.2, 0.25) is 0 Å². The number of aliphatic imine (C=N–C) groups is 1. The number of Topliss-reactive ketones (excluding diaryl/α,β-unsaturated/α-hetero) is 1. The number of thioether (sulfide) groups is 1. The monoisotopic (exact) mass is 837 g/mol. The molecule has 10 rings (SSSR count). The zero-order valence-corrected chi connectivity index (χ0v) is 34.7. The molecule has 3 aliphatic heterocycles. The second kappa shape index (κ2) is 16.9. The molecule has 6 heterocycles. The molecule has 0 saturated carbocycles. The molecule has 306 valence electrons. The van der Waals surface area contributed by atoms with Gasteiger partial charge in [0.05, 0.1) is 51.3 Å². The van der Waals surface area contributed by atoms with Crippen LogP contribution in [-0.2, 0) is 30.6 Å². The van der Waals surface area contributed by atoms with Crippen molar-refractivity contribution >= 4 is 57.9 Å². The lowest BCUT2D eigenvalue weighted by atomic mass is 9.94. The Morgan fingerprint density at radius 1 is 0.661 bits per heavy atom. The number of ketones is 1. The number of rotatable bonds is 11. The first kappa shape index (κ1) is 40.0. The van der Waals surface area contributed by atoms with Crippen molar-refractivity contribution in [2.45, 2.75) is 37.6 Å². The lowest BCUT2D eigenvalue weighted by Gasteiger charge is -2.14. The standard InChI is InChI=1S/C26H21N3O3.C23H18N4O2S/c1-16(30)12-18-8-5-9-19(13-18)24-23-21(15-28-24)27-14-20-22(23)26(32)29(25(20)31)11-10-17-6-3-2-4-7-17;1-30-16-9-5-8-15(12-16)20-19-18-17(13-24-21(19)26-25-20)22(28)27(23(18)29)11-10-14-6-3-2-4-7-14/h2-9,13-14H,10-12,15H2,1H3;2-9,12-13H,10-11H2,1H3,(H,24,25,26). The Balaban J connectivity index is 0.000000158. The number of hydrogen-bond acceptors (Lipinski definition) is 10. The molecule has 62 heavy (non-hydrogen) atoms. The quantitative estimate of drug-likeness (QED) is 0.102. The zero-order valence-electron chi connectivity index (χ0n) is 33.9. The SMILES string of the molecule is CC(=O)Cc1cccc(C2=NCc3ncc4c(c32)C(=O)N(CCc2ccccc2)C4=O)c1.CSc1cccc(-c2[nH]nc3ncc4c(c23)C(=O)N(CCc2ccccc2)C4=O)c1. The molecule has 0 atom stereocenters. The van der Waals surface area contributed by atoms with Crippen LogP contribution in [0.3, 0.4) is 0 Å². The van der Waals surface area contributed by atoms with E-state index in [0.29, 0.717) is 94.8 Å². The molecule has 0 fully saturated rings. The van der Waals surface area contributed by atoms with Gasteiger partial charge >= 0.3 is 0 Å². The van der Waals surface area contributed by atoms with Crippen molar-refractivity contribution in [1.29, 1.82) is 0 Å². The molecule has 12 nitrogen and oxygen atoms in total. The Morgan fingerprint density at radius 3 is 1.92 bits per heavy atom. The van der Waals surface area contributed by atoms with Crippen molar-refractivity contribution in [3.8, 4) is 11.3 Å². The lowest BCUT2D eigenvalue weighted by Crippen LogP contribution is -2.32. The van der Waals surface area contributed by atoms with Crippen molar-refractivity contribution in [3.05, 3.63) is 177 Å². The number of carbonyl (C=O) groups excluding carboxylic acids is 5. The van der Waals surface area contributed by atoms with Crippen LogP contribution in [0.25, 0.3) is 22.3 Å². The Morgan fingerprint density at radius 2 is 1.26 bits per heavy atom. The van der Waals surface area contributed by atoms with E-state index in [0.717, 1.165) is 32.7 Å². The molecule has 13 heteroatoms. The predicted molar refractivity (Wildman–Crippen MR) is 237 cm³/mol. The first-order valence-corrected chi connectivity index (χ1v) is 21.4. The van der Waals surface area contributed by atoms with E-state index in [1.807, 2.05) is 115 Å². The summed E-state index contributed by atoms with van der Waals surface area (Å²) in [5.74, 6) is -1.12. The highest BCUT2D eigenvalue weighted by Gasteiger charge is 2.41. The highest BCUT2D eigenvalue weighted by atomic mass is 32.2. The Bertz CT molecular complexity index is 2980. The second-order valence-electron chi connectivity index (χ2n) is 15.2. The fourth-order valence-electron chi connectivity index (χ4n) is 8.18. The maximum absolute atomic E-state index is 13.4. The minimum absolute atomic E-state index is 0.0771. The van der Waals surface area contributed by atoms with Crippen molar-refractivity contribution in [3.63, 3.8) is 0 Å². The van der Waals surface area contributed by atoms with Gasteiger partial charge in [0, 0.05) is 53.5 Å². The zero-order chi connectivity index (χ0) is 42.9. The number of aromatic nitrogens is 4. The molecular formula is C49H39N7O5S. The first-order chi connectivity index (χ1) is 30.2. The van der Waals surface area contributed by atoms with E-state index in [4.69, 9.17) is 0 Å². The van der Waals surface area contributed by atoms with Gasteiger partial charge < -0.3 is 0 Å². The lowest BCUT2D eigenvalue weighted by molar-refractivity contribution is -0.116. The van der Waals surface area contributed by atoms with Crippen LogP contribution in [-0.4, -0.2) is 84.4 Å². The highest BCUT2D eigenvalue weighted by Crippen LogP contribution is 2.36.